The minimum absolute atomic E-state index is 0. The molecular formula is C11H24MgN2O3. The smallest absolute Gasteiger partial charge is 0.332 e. The molecule has 0 spiro atoms. The van der Waals surface area contributed by atoms with Gasteiger partial charge in [0.05, 0.1) is 6.67 Å². The fourth-order valence-corrected chi connectivity index (χ4v) is 1.10. The molecule has 1 aliphatic rings. The summed E-state index contributed by atoms with van der Waals surface area (Å²) < 4.78 is 0. The molecule has 0 bridgehead atoms. The first-order valence-corrected chi connectivity index (χ1v) is 5.50. The van der Waals surface area contributed by atoms with E-state index in [1.165, 1.54) is 26.3 Å². The number of nitrogens with zero attached hydrogens (tertiary/aromatic N) is 2. The Labute approximate surface area is 119 Å². The summed E-state index contributed by atoms with van der Waals surface area (Å²) in [5.74, 6) is -1.19. The number of carboxylic acid groups (broad SMARTS) is 1. The van der Waals surface area contributed by atoms with Crippen molar-refractivity contribution in [3.05, 3.63) is 12.4 Å². The highest BCUT2D eigenvalue weighted by Gasteiger charge is 2.05. The maximum Gasteiger partial charge on any atom is 0.332 e. The predicted octanol–water partition coefficient (Wildman–Crippen LogP) is -0.00180. The second-order valence-corrected chi connectivity index (χ2v) is 3.88. The van der Waals surface area contributed by atoms with E-state index in [0.29, 0.717) is 0 Å². The average Bonchev–Trinajstić information content (AvgIpc) is 2.62. The van der Waals surface area contributed by atoms with Crippen molar-refractivity contribution in [3.8, 4) is 0 Å². The Morgan fingerprint density at radius 3 is 2.29 bits per heavy atom. The molecule has 1 heterocycles. The van der Waals surface area contributed by atoms with E-state index in [9.17, 15) is 4.79 Å². The highest BCUT2D eigenvalue weighted by atomic mass is 24.3. The Morgan fingerprint density at radius 2 is 2.00 bits per heavy atom. The molecule has 0 radical (unpaired) electrons. The number of unbranched alkanes of at least 4 members (excludes halogenated alkanes) is 1. The van der Waals surface area contributed by atoms with Crippen molar-refractivity contribution in [2.24, 2.45) is 0 Å². The molecule has 6 heteroatoms. The van der Waals surface area contributed by atoms with Crippen molar-refractivity contribution in [3.63, 3.8) is 0 Å². The summed E-state index contributed by atoms with van der Waals surface area (Å²) in [6.07, 6.45) is 5.64. The largest absolute Gasteiger partial charge is 0.479 e. The van der Waals surface area contributed by atoms with Crippen LogP contribution < -0.4 is 0 Å². The molecule has 17 heavy (non-hydrogen) atoms. The van der Waals surface area contributed by atoms with E-state index >= 15 is 0 Å². The molecule has 0 aliphatic carbocycles. The quantitative estimate of drug-likeness (QED) is 0.693. The van der Waals surface area contributed by atoms with Crippen LogP contribution in [-0.4, -0.2) is 75.4 Å². The Hall–Kier alpha value is -0.464. The summed E-state index contributed by atoms with van der Waals surface area (Å²) in [6, 6.07) is 0. The minimum Gasteiger partial charge on any atom is -0.479 e. The van der Waals surface area contributed by atoms with Gasteiger partial charge in [-0.1, -0.05) is 13.3 Å². The number of aliphatic hydroxyl groups is 1. The van der Waals surface area contributed by atoms with E-state index in [2.05, 4.69) is 36.2 Å². The molecule has 2 N–H and O–H groups in total. The summed E-state index contributed by atoms with van der Waals surface area (Å²) in [7, 11) is 2.10. The van der Waals surface area contributed by atoms with Crippen molar-refractivity contribution in [2.75, 3.05) is 20.3 Å². The SMILES string of the molecule is CC(O)C(=O)O.CCCCN1C=CN(C)C1.[MgH2]. The summed E-state index contributed by atoms with van der Waals surface area (Å²) in [5, 5.41) is 15.8. The fourth-order valence-electron chi connectivity index (χ4n) is 1.10. The van der Waals surface area contributed by atoms with Crippen LogP contribution in [0.1, 0.15) is 26.7 Å². The molecule has 0 fully saturated rings. The van der Waals surface area contributed by atoms with Gasteiger partial charge in [-0.15, -0.1) is 0 Å². The lowest BCUT2D eigenvalue weighted by atomic mass is 10.3. The molecule has 0 saturated carbocycles. The number of hydrogen-bond donors (Lipinski definition) is 2. The van der Waals surface area contributed by atoms with Crippen molar-refractivity contribution in [1.82, 2.24) is 9.80 Å². The van der Waals surface area contributed by atoms with Crippen molar-refractivity contribution >= 4 is 29.0 Å². The third-order valence-electron chi connectivity index (χ3n) is 2.09. The first kappa shape index (κ1) is 18.9. The molecule has 0 aromatic carbocycles. The zero-order valence-corrected chi connectivity index (χ0v) is 10.3. The van der Waals surface area contributed by atoms with Crippen molar-refractivity contribution < 1.29 is 15.0 Å². The fraction of sp³-hybridized carbons (Fsp3) is 0.727. The van der Waals surface area contributed by atoms with Crippen LogP contribution in [0.4, 0.5) is 0 Å². The lowest BCUT2D eigenvalue weighted by Crippen LogP contribution is -2.23. The van der Waals surface area contributed by atoms with Gasteiger partial charge in [0.1, 0.15) is 6.10 Å². The van der Waals surface area contributed by atoms with Gasteiger partial charge >= 0.3 is 29.0 Å². The molecule has 1 unspecified atom stereocenters. The van der Waals surface area contributed by atoms with Gasteiger partial charge in [0.15, 0.2) is 0 Å². The number of aliphatic hydroxyl groups excluding tert-OH is 1. The Bertz CT molecular complexity index is 235. The normalized spacial score (nSPS) is 14.8. The van der Waals surface area contributed by atoms with Gasteiger partial charge in [0.2, 0.25) is 0 Å². The molecule has 1 aliphatic heterocycles. The predicted molar refractivity (Wildman–Crippen MR) is 71.2 cm³/mol. The number of carbonyl (C=O) groups is 1. The second-order valence-electron chi connectivity index (χ2n) is 3.88. The molecule has 0 saturated heterocycles. The van der Waals surface area contributed by atoms with E-state index in [-0.39, 0.29) is 23.1 Å². The Balaban J connectivity index is 0. The summed E-state index contributed by atoms with van der Waals surface area (Å²) in [4.78, 5) is 14.0. The zero-order valence-electron chi connectivity index (χ0n) is 10.3. The molecule has 1 rings (SSSR count). The topological polar surface area (TPSA) is 64.0 Å². The number of hydrogen-bond acceptors (Lipinski definition) is 4. The van der Waals surface area contributed by atoms with Gasteiger partial charge in [-0.2, -0.15) is 0 Å². The summed E-state index contributed by atoms with van der Waals surface area (Å²) >= 11 is 0. The van der Waals surface area contributed by atoms with Crippen LogP contribution in [0.2, 0.25) is 0 Å². The molecule has 0 aromatic heterocycles. The second kappa shape index (κ2) is 10.7. The number of rotatable bonds is 4. The molecule has 5 nitrogen and oxygen atoms in total. The lowest BCUT2D eigenvalue weighted by molar-refractivity contribution is -0.145. The maximum atomic E-state index is 9.45. The molecule has 0 amide bonds. The molecule has 0 aromatic rings. The third kappa shape index (κ3) is 10.4. The highest BCUT2D eigenvalue weighted by molar-refractivity contribution is 5.75. The van der Waals surface area contributed by atoms with Crippen LogP contribution in [-0.2, 0) is 4.79 Å². The van der Waals surface area contributed by atoms with Gasteiger partial charge in [-0.3, -0.25) is 0 Å². The van der Waals surface area contributed by atoms with Gasteiger partial charge in [-0.05, 0) is 13.3 Å². The number of carboxylic acids is 1. The van der Waals surface area contributed by atoms with Crippen molar-refractivity contribution in [2.45, 2.75) is 32.8 Å². The number of aliphatic carboxylic acids is 1. The summed E-state index contributed by atoms with van der Waals surface area (Å²) in [5.41, 5.74) is 0. The first-order valence-electron chi connectivity index (χ1n) is 5.50. The molecule has 98 valence electrons. The van der Waals surface area contributed by atoms with Gasteiger partial charge in [0, 0.05) is 26.0 Å². The monoisotopic (exact) mass is 256 g/mol. The average molecular weight is 257 g/mol. The van der Waals surface area contributed by atoms with Gasteiger partial charge < -0.3 is 20.0 Å². The lowest BCUT2D eigenvalue weighted by Gasteiger charge is -2.17. The van der Waals surface area contributed by atoms with Gasteiger partial charge in [-0.25, -0.2) is 4.79 Å². The summed E-state index contributed by atoms with van der Waals surface area (Å²) in [6.45, 7) is 5.70. The van der Waals surface area contributed by atoms with Gasteiger partial charge in [0.25, 0.3) is 0 Å². The van der Waals surface area contributed by atoms with E-state index in [4.69, 9.17) is 10.2 Å². The van der Waals surface area contributed by atoms with Crippen LogP contribution in [0.5, 0.6) is 0 Å². The van der Waals surface area contributed by atoms with Crippen LogP contribution in [0, 0.1) is 0 Å². The molecular weight excluding hydrogens is 232 g/mol. The van der Waals surface area contributed by atoms with Crippen molar-refractivity contribution in [1.29, 1.82) is 0 Å². The standard InChI is InChI=1S/C8H16N2.C3H6O3.Mg.2H/c1-3-4-5-10-7-6-9(2)8-10;1-2(4)3(5)6;;;/h6-7H,3-5,8H2,1-2H3;2,4H,1H3,(H,5,6);;;. The van der Waals surface area contributed by atoms with Crippen LogP contribution in [0.15, 0.2) is 12.4 Å². The molecule has 1 atom stereocenters. The van der Waals surface area contributed by atoms with E-state index < -0.39 is 12.1 Å². The van der Waals surface area contributed by atoms with E-state index in [1.54, 1.807) is 0 Å². The van der Waals surface area contributed by atoms with Crippen LogP contribution in [0.3, 0.4) is 0 Å². The maximum absolute atomic E-state index is 9.45. The minimum atomic E-state index is -1.23. The van der Waals surface area contributed by atoms with Crippen LogP contribution >= 0.6 is 0 Å². The Morgan fingerprint density at radius 1 is 1.47 bits per heavy atom. The van der Waals surface area contributed by atoms with Crippen LogP contribution in [0.25, 0.3) is 0 Å². The first-order chi connectivity index (χ1) is 7.47. The van der Waals surface area contributed by atoms with E-state index in [0.717, 1.165) is 6.67 Å². The Kier molecular flexibility index (Phi) is 11.9. The highest BCUT2D eigenvalue weighted by Crippen LogP contribution is 2.04. The third-order valence-corrected chi connectivity index (χ3v) is 2.09. The van der Waals surface area contributed by atoms with E-state index in [1.807, 2.05) is 0 Å². The zero-order chi connectivity index (χ0) is 12.6.